The van der Waals surface area contributed by atoms with Gasteiger partial charge in [0.1, 0.15) is 5.75 Å². The van der Waals surface area contributed by atoms with Crippen LogP contribution in [0, 0.1) is 5.92 Å². The molecule has 6 nitrogen and oxygen atoms in total. The molecule has 158 valence electrons. The molecular weight excluding hydrogens is 378 g/mol. The minimum atomic E-state index is -0.340. The minimum Gasteiger partial charge on any atom is -0.493 e. The number of nitrogens with zero attached hydrogens (tertiary/aromatic N) is 1. The van der Waals surface area contributed by atoms with E-state index in [9.17, 15) is 9.59 Å². The Kier molecular flexibility index (Phi) is 10.3. The van der Waals surface area contributed by atoms with Gasteiger partial charge in [-0.2, -0.15) is 0 Å². The van der Waals surface area contributed by atoms with Crippen molar-refractivity contribution in [3.8, 4) is 5.75 Å². The summed E-state index contributed by atoms with van der Waals surface area (Å²) in [6, 6.07) is 9.47. The molecule has 2 amide bonds. The van der Waals surface area contributed by atoms with Crippen molar-refractivity contribution in [3.05, 3.63) is 30.3 Å². The monoisotopic (exact) mass is 411 g/mol. The van der Waals surface area contributed by atoms with Crippen LogP contribution in [0.5, 0.6) is 5.75 Å². The van der Waals surface area contributed by atoms with Gasteiger partial charge in [-0.1, -0.05) is 32.0 Å². The number of hydrogen-bond donors (Lipinski definition) is 2. The van der Waals surface area contributed by atoms with Crippen LogP contribution >= 0.6 is 12.4 Å². The Bertz CT molecular complexity index is 600. The van der Waals surface area contributed by atoms with Gasteiger partial charge in [0.05, 0.1) is 24.5 Å². The maximum atomic E-state index is 12.7. The molecule has 1 aliphatic rings. The molecule has 1 atom stereocenters. The average molecular weight is 412 g/mol. The average Bonchev–Trinajstić information content (AvgIpc) is 2.73. The van der Waals surface area contributed by atoms with Crippen LogP contribution in [-0.2, 0) is 9.59 Å². The van der Waals surface area contributed by atoms with Crippen LogP contribution < -0.4 is 15.8 Å². The number of nitrogens with two attached hydrogens (primary N) is 1. The van der Waals surface area contributed by atoms with E-state index in [1.165, 1.54) is 0 Å². The molecular formula is C21H34ClN3O3. The van der Waals surface area contributed by atoms with Gasteiger partial charge in [-0.05, 0) is 37.8 Å². The van der Waals surface area contributed by atoms with Gasteiger partial charge in [0, 0.05) is 19.6 Å². The number of carbonyl (C=O) groups is 2. The Morgan fingerprint density at radius 1 is 1.25 bits per heavy atom. The van der Waals surface area contributed by atoms with Gasteiger partial charge in [-0.15, -0.1) is 12.4 Å². The molecule has 1 saturated heterocycles. The second-order valence-electron chi connectivity index (χ2n) is 7.27. The van der Waals surface area contributed by atoms with E-state index in [4.69, 9.17) is 10.5 Å². The summed E-state index contributed by atoms with van der Waals surface area (Å²) in [5, 5.41) is 3.15. The molecule has 2 rings (SSSR count). The summed E-state index contributed by atoms with van der Waals surface area (Å²) in [5.41, 5.74) is 5.55. The Hall–Kier alpha value is -1.79. The zero-order valence-electron chi connectivity index (χ0n) is 17.0. The third kappa shape index (κ3) is 6.67. The highest BCUT2D eigenvalue weighted by molar-refractivity contribution is 5.85. The molecule has 0 bridgehead atoms. The van der Waals surface area contributed by atoms with Gasteiger partial charge >= 0.3 is 0 Å². The van der Waals surface area contributed by atoms with E-state index in [0.717, 1.165) is 31.4 Å². The van der Waals surface area contributed by atoms with Crippen molar-refractivity contribution in [2.24, 2.45) is 11.7 Å². The Morgan fingerprint density at radius 2 is 1.93 bits per heavy atom. The highest BCUT2D eigenvalue weighted by atomic mass is 35.5. The molecule has 0 aliphatic carbocycles. The fourth-order valence-electron chi connectivity index (χ4n) is 3.48. The van der Waals surface area contributed by atoms with Crippen molar-refractivity contribution in [1.82, 2.24) is 10.2 Å². The van der Waals surface area contributed by atoms with Crippen LogP contribution in [0.3, 0.4) is 0 Å². The zero-order chi connectivity index (χ0) is 19.7. The first-order valence-electron chi connectivity index (χ1n) is 10.0. The van der Waals surface area contributed by atoms with Gasteiger partial charge in [0.2, 0.25) is 11.8 Å². The van der Waals surface area contributed by atoms with Crippen molar-refractivity contribution in [3.63, 3.8) is 0 Å². The van der Waals surface area contributed by atoms with Crippen LogP contribution in [0.1, 0.15) is 46.0 Å². The molecule has 3 N–H and O–H groups in total. The molecule has 1 heterocycles. The lowest BCUT2D eigenvalue weighted by Crippen LogP contribution is -2.56. The fourth-order valence-corrected chi connectivity index (χ4v) is 3.48. The first-order valence-corrected chi connectivity index (χ1v) is 10.0. The number of likely N-dealkylation sites (tertiary alicyclic amines) is 1. The lowest BCUT2D eigenvalue weighted by Gasteiger charge is -2.36. The highest BCUT2D eigenvalue weighted by Gasteiger charge is 2.33. The normalized spacial score (nSPS) is 16.8. The maximum absolute atomic E-state index is 12.7. The van der Waals surface area contributed by atoms with E-state index in [0.29, 0.717) is 32.7 Å². The Morgan fingerprint density at radius 3 is 2.54 bits per heavy atom. The first-order chi connectivity index (χ1) is 13.0. The SMILES string of the molecule is CCC(CC)(CN)NC(=O)C1CCCN(C(=O)CCOc2ccccc2)C1.Cl. The summed E-state index contributed by atoms with van der Waals surface area (Å²) < 4.78 is 5.61. The highest BCUT2D eigenvalue weighted by Crippen LogP contribution is 2.21. The Balaban J connectivity index is 0.00000392. The summed E-state index contributed by atoms with van der Waals surface area (Å²) in [6.07, 6.45) is 3.58. The van der Waals surface area contributed by atoms with E-state index in [1.54, 1.807) is 4.90 Å². The number of amides is 2. The number of hydrogen-bond acceptors (Lipinski definition) is 4. The number of benzene rings is 1. The molecule has 1 fully saturated rings. The smallest absolute Gasteiger partial charge is 0.226 e. The number of halogens is 1. The Labute approximate surface area is 174 Å². The molecule has 0 saturated carbocycles. The van der Waals surface area contributed by atoms with Gasteiger partial charge < -0.3 is 20.7 Å². The predicted octanol–water partition coefficient (Wildman–Crippen LogP) is 2.75. The molecule has 1 aromatic carbocycles. The molecule has 1 aromatic rings. The molecule has 7 heteroatoms. The largest absolute Gasteiger partial charge is 0.493 e. The van der Waals surface area contributed by atoms with Gasteiger partial charge in [0.15, 0.2) is 0 Å². The third-order valence-electron chi connectivity index (χ3n) is 5.61. The van der Waals surface area contributed by atoms with Crippen molar-refractivity contribution in [2.75, 3.05) is 26.2 Å². The van der Waals surface area contributed by atoms with Crippen LogP contribution in [0.4, 0.5) is 0 Å². The second kappa shape index (κ2) is 11.9. The third-order valence-corrected chi connectivity index (χ3v) is 5.61. The number of carbonyl (C=O) groups excluding carboxylic acids is 2. The summed E-state index contributed by atoms with van der Waals surface area (Å²) in [7, 11) is 0. The van der Waals surface area contributed by atoms with Crippen molar-refractivity contribution < 1.29 is 14.3 Å². The lowest BCUT2D eigenvalue weighted by molar-refractivity contribution is -0.136. The number of rotatable bonds is 9. The van der Waals surface area contributed by atoms with Crippen LogP contribution in [-0.4, -0.2) is 48.5 Å². The quantitative estimate of drug-likeness (QED) is 0.654. The second-order valence-corrected chi connectivity index (χ2v) is 7.27. The van der Waals surface area contributed by atoms with Gasteiger partial charge in [0.25, 0.3) is 0 Å². The van der Waals surface area contributed by atoms with Crippen LogP contribution in [0.15, 0.2) is 30.3 Å². The van der Waals surface area contributed by atoms with Gasteiger partial charge in [-0.25, -0.2) is 0 Å². The molecule has 1 aliphatic heterocycles. The van der Waals surface area contributed by atoms with E-state index in [2.05, 4.69) is 5.32 Å². The zero-order valence-corrected chi connectivity index (χ0v) is 17.8. The summed E-state index contributed by atoms with van der Waals surface area (Å²) in [6.45, 7) is 6.04. The van der Waals surface area contributed by atoms with Crippen LogP contribution in [0.2, 0.25) is 0 Å². The minimum absolute atomic E-state index is 0. The number of para-hydroxylation sites is 1. The van der Waals surface area contributed by atoms with Crippen molar-refractivity contribution in [2.45, 2.75) is 51.5 Å². The van der Waals surface area contributed by atoms with Crippen molar-refractivity contribution in [1.29, 1.82) is 0 Å². The molecule has 0 spiro atoms. The van der Waals surface area contributed by atoms with E-state index >= 15 is 0 Å². The standard InChI is InChI=1S/C21H33N3O3.ClH/c1-3-21(4-2,16-22)23-20(26)17-9-8-13-24(15-17)19(25)12-14-27-18-10-6-5-7-11-18;/h5-7,10-11,17H,3-4,8-9,12-16,22H2,1-2H3,(H,23,26);1H. The predicted molar refractivity (Wildman–Crippen MR) is 114 cm³/mol. The molecule has 1 unspecified atom stereocenters. The first kappa shape index (κ1) is 24.2. The van der Waals surface area contributed by atoms with Crippen LogP contribution in [0.25, 0.3) is 0 Å². The van der Waals surface area contributed by atoms with E-state index in [1.807, 2.05) is 44.2 Å². The van der Waals surface area contributed by atoms with Crippen molar-refractivity contribution >= 4 is 24.2 Å². The summed E-state index contributed by atoms with van der Waals surface area (Å²) in [4.78, 5) is 27.0. The maximum Gasteiger partial charge on any atom is 0.226 e. The van der Waals surface area contributed by atoms with E-state index < -0.39 is 0 Å². The van der Waals surface area contributed by atoms with E-state index in [-0.39, 0.29) is 35.7 Å². The number of ether oxygens (including phenoxy) is 1. The summed E-state index contributed by atoms with van der Waals surface area (Å²) in [5.74, 6) is 0.655. The molecule has 0 radical (unpaired) electrons. The number of piperidine rings is 1. The number of nitrogens with one attached hydrogen (secondary N) is 1. The summed E-state index contributed by atoms with van der Waals surface area (Å²) >= 11 is 0. The van der Waals surface area contributed by atoms with Gasteiger partial charge in [-0.3, -0.25) is 9.59 Å². The molecule has 28 heavy (non-hydrogen) atoms. The lowest BCUT2D eigenvalue weighted by atomic mass is 9.90. The molecule has 0 aromatic heterocycles. The topological polar surface area (TPSA) is 84.7 Å². The fraction of sp³-hybridized carbons (Fsp3) is 0.619.